The predicted molar refractivity (Wildman–Crippen MR) is 98.1 cm³/mol. The first-order valence-corrected chi connectivity index (χ1v) is 8.60. The summed E-state index contributed by atoms with van der Waals surface area (Å²) in [6.45, 7) is 6.23. The minimum Gasteiger partial charge on any atom is -0.327 e. The maximum absolute atomic E-state index is 12.7. The van der Waals surface area contributed by atoms with E-state index in [-0.39, 0.29) is 24.2 Å². The number of benzene rings is 1. The Morgan fingerprint density at radius 1 is 1.09 bits per heavy atom. The number of aryl methyl sites for hydroxylation is 3. The second-order valence-electron chi connectivity index (χ2n) is 7.46. The fraction of sp³-hybridized carbons (Fsp3) is 0.632. The first-order chi connectivity index (χ1) is 10.5. The van der Waals surface area contributed by atoms with Crippen molar-refractivity contribution in [1.29, 1.82) is 0 Å². The summed E-state index contributed by atoms with van der Waals surface area (Å²) >= 11 is 0. The lowest BCUT2D eigenvalue weighted by Gasteiger charge is -2.43. The molecule has 2 bridgehead atoms. The van der Waals surface area contributed by atoms with E-state index in [9.17, 15) is 4.79 Å². The molecule has 0 saturated heterocycles. The average molecular weight is 337 g/mol. The Kier molecular flexibility index (Phi) is 5.74. The van der Waals surface area contributed by atoms with Gasteiger partial charge in [0.1, 0.15) is 0 Å². The van der Waals surface area contributed by atoms with E-state index < -0.39 is 0 Å². The molecule has 2 saturated carbocycles. The Morgan fingerprint density at radius 2 is 1.61 bits per heavy atom. The first-order valence-electron chi connectivity index (χ1n) is 8.60. The third kappa shape index (κ3) is 3.72. The lowest BCUT2D eigenvalue weighted by Crippen LogP contribution is -2.48. The molecule has 1 aromatic rings. The third-order valence-corrected chi connectivity index (χ3v) is 5.71. The van der Waals surface area contributed by atoms with Crippen LogP contribution in [0.15, 0.2) is 12.1 Å². The van der Waals surface area contributed by atoms with Crippen LogP contribution in [0.1, 0.15) is 48.8 Å². The van der Waals surface area contributed by atoms with E-state index in [0.29, 0.717) is 17.9 Å². The number of nitrogens with one attached hydrogen (secondary N) is 1. The highest BCUT2D eigenvalue weighted by atomic mass is 35.5. The Bertz CT molecular complexity index is 550. The molecule has 23 heavy (non-hydrogen) atoms. The molecular weight excluding hydrogens is 308 g/mol. The summed E-state index contributed by atoms with van der Waals surface area (Å²) in [5, 5.41) is 3.20. The van der Waals surface area contributed by atoms with E-state index in [4.69, 9.17) is 5.73 Å². The molecule has 1 aromatic carbocycles. The molecule has 2 aliphatic rings. The highest BCUT2D eigenvalue weighted by Crippen LogP contribution is 2.42. The van der Waals surface area contributed by atoms with Crippen LogP contribution in [0.2, 0.25) is 0 Å². The lowest BCUT2D eigenvalue weighted by molar-refractivity contribution is -0.122. The second-order valence-corrected chi connectivity index (χ2v) is 7.46. The summed E-state index contributed by atoms with van der Waals surface area (Å²) in [6, 6.07) is 4.59. The molecule has 2 fully saturated rings. The lowest BCUT2D eigenvalue weighted by atomic mass is 9.65. The van der Waals surface area contributed by atoms with Crippen molar-refractivity contribution < 1.29 is 4.79 Å². The maximum atomic E-state index is 12.7. The maximum Gasteiger partial charge on any atom is 0.227 e. The topological polar surface area (TPSA) is 55.1 Å². The van der Waals surface area contributed by atoms with Crippen molar-refractivity contribution in [3.05, 3.63) is 28.8 Å². The van der Waals surface area contributed by atoms with Crippen LogP contribution in [-0.4, -0.2) is 11.9 Å². The Labute approximate surface area is 145 Å². The van der Waals surface area contributed by atoms with E-state index in [0.717, 1.165) is 29.7 Å². The number of hydrogen-bond donors (Lipinski definition) is 2. The molecule has 1 amide bonds. The molecule has 0 spiro atoms. The van der Waals surface area contributed by atoms with Crippen molar-refractivity contribution in [3.8, 4) is 0 Å². The molecule has 0 radical (unpaired) electrons. The number of carbonyl (C=O) groups excluding carboxylic acids is 1. The van der Waals surface area contributed by atoms with Gasteiger partial charge in [-0.1, -0.05) is 24.1 Å². The van der Waals surface area contributed by atoms with Gasteiger partial charge in [0.25, 0.3) is 0 Å². The quantitative estimate of drug-likeness (QED) is 0.853. The second kappa shape index (κ2) is 7.23. The van der Waals surface area contributed by atoms with Crippen LogP contribution in [0, 0.1) is 38.5 Å². The zero-order valence-corrected chi connectivity index (χ0v) is 15.2. The molecule has 2 atom stereocenters. The van der Waals surface area contributed by atoms with Crippen LogP contribution < -0.4 is 11.1 Å². The highest BCUT2D eigenvalue weighted by Gasteiger charge is 2.40. The van der Waals surface area contributed by atoms with Crippen LogP contribution in [0.25, 0.3) is 0 Å². The molecule has 3 rings (SSSR count). The largest absolute Gasteiger partial charge is 0.327 e. The number of nitrogens with two attached hydrogens (primary N) is 1. The Balaban J connectivity index is 0.00000192. The fourth-order valence-corrected chi connectivity index (χ4v) is 4.61. The number of fused-ring (bicyclic) bond motifs is 2. The summed E-state index contributed by atoms with van der Waals surface area (Å²) in [5.41, 5.74) is 10.9. The molecule has 2 aliphatic carbocycles. The fourth-order valence-electron chi connectivity index (χ4n) is 4.61. The normalized spacial score (nSPS) is 29.6. The van der Waals surface area contributed by atoms with Gasteiger partial charge in [0.15, 0.2) is 0 Å². The van der Waals surface area contributed by atoms with E-state index in [1.165, 1.54) is 24.8 Å². The van der Waals surface area contributed by atoms with Gasteiger partial charge in [-0.2, -0.15) is 0 Å². The zero-order chi connectivity index (χ0) is 15.9. The van der Waals surface area contributed by atoms with E-state index >= 15 is 0 Å². The molecule has 3 nitrogen and oxygen atoms in total. The van der Waals surface area contributed by atoms with Crippen molar-refractivity contribution in [2.75, 3.05) is 5.32 Å². The summed E-state index contributed by atoms with van der Waals surface area (Å²) in [7, 11) is 0. The molecule has 3 N–H and O–H groups in total. The van der Waals surface area contributed by atoms with Gasteiger partial charge in [0.2, 0.25) is 5.91 Å². The first kappa shape index (κ1) is 18.3. The number of amides is 1. The molecule has 128 valence electrons. The van der Waals surface area contributed by atoms with Crippen LogP contribution in [0.4, 0.5) is 5.69 Å². The van der Waals surface area contributed by atoms with E-state index in [2.05, 4.69) is 38.2 Å². The van der Waals surface area contributed by atoms with Gasteiger partial charge >= 0.3 is 0 Å². The van der Waals surface area contributed by atoms with Crippen molar-refractivity contribution >= 4 is 24.0 Å². The van der Waals surface area contributed by atoms with Gasteiger partial charge in [-0.25, -0.2) is 0 Å². The van der Waals surface area contributed by atoms with Gasteiger partial charge in [-0.15, -0.1) is 12.4 Å². The predicted octanol–water partition coefficient (Wildman–Crippen LogP) is 4.13. The molecule has 0 aromatic heterocycles. The zero-order valence-electron chi connectivity index (χ0n) is 14.4. The summed E-state index contributed by atoms with van der Waals surface area (Å²) in [5.74, 6) is 1.42. The summed E-state index contributed by atoms with van der Waals surface area (Å²) < 4.78 is 0. The Hall–Kier alpha value is -1.06. The minimum atomic E-state index is 0. The monoisotopic (exact) mass is 336 g/mol. The molecule has 0 aliphatic heterocycles. The van der Waals surface area contributed by atoms with Gasteiger partial charge in [0.05, 0.1) is 0 Å². The molecule has 4 heteroatoms. The Morgan fingerprint density at radius 3 is 2.13 bits per heavy atom. The van der Waals surface area contributed by atoms with E-state index in [1.54, 1.807) is 0 Å². The number of rotatable bonds is 2. The number of hydrogen-bond acceptors (Lipinski definition) is 2. The summed E-state index contributed by atoms with van der Waals surface area (Å²) in [6.07, 6.45) is 5.61. The minimum absolute atomic E-state index is 0. The molecule has 2 unspecified atom stereocenters. The van der Waals surface area contributed by atoms with Gasteiger partial charge in [-0.3, -0.25) is 4.79 Å². The van der Waals surface area contributed by atoms with Gasteiger partial charge in [-0.05, 0) is 69.4 Å². The van der Waals surface area contributed by atoms with Crippen molar-refractivity contribution in [2.45, 2.75) is 58.9 Å². The van der Waals surface area contributed by atoms with Crippen LogP contribution in [-0.2, 0) is 4.79 Å². The van der Waals surface area contributed by atoms with Crippen molar-refractivity contribution in [3.63, 3.8) is 0 Å². The van der Waals surface area contributed by atoms with Crippen molar-refractivity contribution in [1.82, 2.24) is 0 Å². The summed E-state index contributed by atoms with van der Waals surface area (Å²) in [4.78, 5) is 12.7. The SMILES string of the molecule is Cc1cc(C)c(NC(=O)C2CC3CCCC(C2)C3N)c(C)c1.Cl. The van der Waals surface area contributed by atoms with Crippen LogP contribution in [0.3, 0.4) is 0 Å². The van der Waals surface area contributed by atoms with E-state index in [1.807, 2.05) is 0 Å². The van der Waals surface area contributed by atoms with Crippen molar-refractivity contribution in [2.24, 2.45) is 23.5 Å². The van der Waals surface area contributed by atoms with Crippen LogP contribution in [0.5, 0.6) is 0 Å². The van der Waals surface area contributed by atoms with Crippen LogP contribution >= 0.6 is 12.4 Å². The number of anilines is 1. The van der Waals surface area contributed by atoms with Gasteiger partial charge < -0.3 is 11.1 Å². The standard InChI is InChI=1S/C19H28N2O.ClH/c1-11-7-12(2)18(13(3)8-11)21-19(22)16-9-14-5-4-6-15(10-16)17(14)20;/h7-8,14-17H,4-6,9-10,20H2,1-3H3,(H,21,22);1H. The smallest absolute Gasteiger partial charge is 0.227 e. The highest BCUT2D eigenvalue weighted by molar-refractivity contribution is 5.94. The molecule has 0 heterocycles. The number of carbonyl (C=O) groups is 1. The number of halogens is 1. The molecular formula is C19H29ClN2O. The van der Waals surface area contributed by atoms with Gasteiger partial charge in [0, 0.05) is 17.6 Å². The third-order valence-electron chi connectivity index (χ3n) is 5.71. The average Bonchev–Trinajstić information content (AvgIpc) is 2.42.